The van der Waals surface area contributed by atoms with Gasteiger partial charge in [-0.15, -0.1) is 11.3 Å². The maximum absolute atomic E-state index is 12.6. The average molecular weight is 287 g/mol. The number of thiazole rings is 1. The number of nitrogens with one attached hydrogen (secondary N) is 1. The molecule has 4 nitrogen and oxygen atoms in total. The Bertz CT molecular complexity index is 645. The van der Waals surface area contributed by atoms with Gasteiger partial charge in [0.15, 0.2) is 0 Å². The lowest BCUT2D eigenvalue weighted by atomic mass is 9.78. The Morgan fingerprint density at radius 1 is 1.35 bits per heavy atom. The van der Waals surface area contributed by atoms with Crippen LogP contribution in [0, 0.1) is 11.8 Å². The fraction of sp³-hybridized carbons (Fsp3) is 0.467. The van der Waals surface area contributed by atoms with E-state index in [0.29, 0.717) is 5.92 Å². The first-order valence-corrected chi connectivity index (χ1v) is 8.04. The number of hydrogen-bond acceptors (Lipinski definition) is 4. The molecule has 1 amide bonds. The molecule has 2 bridgehead atoms. The third-order valence-corrected chi connectivity index (χ3v) is 5.41. The van der Waals surface area contributed by atoms with Gasteiger partial charge in [0.1, 0.15) is 5.52 Å². The molecule has 5 rings (SSSR count). The molecule has 1 aromatic carbocycles. The number of rotatable bonds is 2. The minimum Gasteiger partial charge on any atom is -0.324 e. The van der Waals surface area contributed by atoms with Gasteiger partial charge in [-0.05, 0) is 44.0 Å². The highest BCUT2D eigenvalue weighted by atomic mass is 32.1. The molecule has 2 aromatic rings. The van der Waals surface area contributed by atoms with Gasteiger partial charge in [-0.1, -0.05) is 6.07 Å². The number of carbonyl (C=O) groups is 1. The number of nitrogens with zero attached hydrogens (tertiary/aromatic N) is 2. The van der Waals surface area contributed by atoms with Crippen LogP contribution in [-0.4, -0.2) is 35.4 Å². The van der Waals surface area contributed by atoms with Gasteiger partial charge >= 0.3 is 0 Å². The van der Waals surface area contributed by atoms with Gasteiger partial charge in [0.05, 0.1) is 21.8 Å². The van der Waals surface area contributed by atoms with E-state index < -0.39 is 0 Å². The number of piperidine rings is 3. The second kappa shape index (κ2) is 4.82. The van der Waals surface area contributed by atoms with Gasteiger partial charge in [0, 0.05) is 6.54 Å². The second-order valence-corrected chi connectivity index (χ2v) is 6.62. The molecule has 0 aliphatic carbocycles. The van der Waals surface area contributed by atoms with Gasteiger partial charge < -0.3 is 10.2 Å². The minimum atomic E-state index is 0.145. The molecule has 0 radical (unpaired) electrons. The third kappa shape index (κ3) is 2.01. The molecule has 3 aliphatic heterocycles. The van der Waals surface area contributed by atoms with Crippen LogP contribution in [0.2, 0.25) is 0 Å². The van der Waals surface area contributed by atoms with Crippen molar-refractivity contribution in [3.05, 3.63) is 23.7 Å². The Morgan fingerprint density at radius 3 is 2.95 bits per heavy atom. The average Bonchev–Trinajstić information content (AvgIpc) is 2.98. The van der Waals surface area contributed by atoms with Crippen molar-refractivity contribution in [2.45, 2.75) is 12.8 Å². The van der Waals surface area contributed by atoms with Crippen LogP contribution in [0.1, 0.15) is 12.8 Å². The van der Waals surface area contributed by atoms with Crippen molar-refractivity contribution < 1.29 is 4.79 Å². The van der Waals surface area contributed by atoms with E-state index in [1.165, 1.54) is 12.8 Å². The smallest absolute Gasteiger partial charge is 0.229 e. The van der Waals surface area contributed by atoms with Crippen LogP contribution < -0.4 is 5.32 Å². The van der Waals surface area contributed by atoms with E-state index in [9.17, 15) is 4.79 Å². The Kier molecular flexibility index (Phi) is 2.97. The molecule has 0 spiro atoms. The van der Waals surface area contributed by atoms with E-state index in [2.05, 4.69) is 15.2 Å². The maximum atomic E-state index is 12.6. The zero-order valence-corrected chi connectivity index (χ0v) is 12.0. The predicted octanol–water partition coefficient (Wildman–Crippen LogP) is 2.58. The van der Waals surface area contributed by atoms with E-state index in [1.807, 2.05) is 23.7 Å². The fourth-order valence-electron chi connectivity index (χ4n) is 3.47. The summed E-state index contributed by atoms with van der Waals surface area (Å²) in [7, 11) is 0. The predicted molar refractivity (Wildman–Crippen MR) is 80.9 cm³/mol. The van der Waals surface area contributed by atoms with Crippen molar-refractivity contribution in [3.8, 4) is 0 Å². The van der Waals surface area contributed by atoms with Crippen molar-refractivity contribution in [2.24, 2.45) is 11.8 Å². The van der Waals surface area contributed by atoms with Gasteiger partial charge in [0.2, 0.25) is 5.91 Å². The number of aromatic nitrogens is 1. The Labute approximate surface area is 121 Å². The number of benzene rings is 1. The lowest BCUT2D eigenvalue weighted by Gasteiger charge is -2.43. The Morgan fingerprint density at radius 2 is 2.20 bits per heavy atom. The normalized spacial score (nSPS) is 28.7. The summed E-state index contributed by atoms with van der Waals surface area (Å²) in [4.78, 5) is 19.3. The molecular formula is C15H17N3OS. The van der Waals surface area contributed by atoms with Gasteiger partial charge in [-0.2, -0.15) is 0 Å². The van der Waals surface area contributed by atoms with Crippen LogP contribution in [0.15, 0.2) is 23.7 Å². The molecule has 104 valence electrons. The van der Waals surface area contributed by atoms with Crippen molar-refractivity contribution in [3.63, 3.8) is 0 Å². The molecule has 1 unspecified atom stereocenters. The number of amides is 1. The van der Waals surface area contributed by atoms with E-state index in [-0.39, 0.29) is 11.8 Å². The number of hydrogen-bond donors (Lipinski definition) is 1. The van der Waals surface area contributed by atoms with Crippen molar-refractivity contribution in [1.82, 2.24) is 9.88 Å². The molecule has 1 atom stereocenters. The molecule has 3 saturated heterocycles. The lowest BCUT2D eigenvalue weighted by Crippen LogP contribution is -2.51. The molecule has 1 aromatic heterocycles. The van der Waals surface area contributed by atoms with Gasteiger partial charge in [-0.3, -0.25) is 4.79 Å². The summed E-state index contributed by atoms with van der Waals surface area (Å²) in [6.45, 7) is 3.25. The standard InChI is InChI=1S/C15H17N3OS/c19-15(11-8-18-6-4-10(11)5-7-18)17-12-2-1-3-13-14(12)16-9-20-13/h1-3,9-11H,4-8H2,(H,17,19). The number of fused-ring (bicyclic) bond motifs is 4. The molecular weight excluding hydrogens is 270 g/mol. The minimum absolute atomic E-state index is 0.145. The van der Waals surface area contributed by atoms with Crippen LogP contribution >= 0.6 is 11.3 Å². The van der Waals surface area contributed by atoms with E-state index in [1.54, 1.807) is 11.3 Å². The molecule has 1 N–H and O–H groups in total. The summed E-state index contributed by atoms with van der Waals surface area (Å²) in [5.74, 6) is 0.876. The summed E-state index contributed by atoms with van der Waals surface area (Å²) < 4.78 is 1.12. The Hall–Kier alpha value is -1.46. The summed E-state index contributed by atoms with van der Waals surface area (Å²) in [5, 5.41) is 3.10. The monoisotopic (exact) mass is 287 g/mol. The van der Waals surface area contributed by atoms with Crippen LogP contribution in [-0.2, 0) is 4.79 Å². The van der Waals surface area contributed by atoms with Gasteiger partial charge in [-0.25, -0.2) is 4.98 Å². The molecule has 0 saturated carbocycles. The molecule has 3 fully saturated rings. The summed E-state index contributed by atoms with van der Waals surface area (Å²) in [6, 6.07) is 5.96. The van der Waals surface area contributed by atoms with Crippen LogP contribution in [0.3, 0.4) is 0 Å². The SMILES string of the molecule is O=C(Nc1cccc2scnc12)C1CN2CCC1CC2. The van der Waals surface area contributed by atoms with Crippen LogP contribution in [0.4, 0.5) is 5.69 Å². The highest BCUT2D eigenvalue weighted by Gasteiger charge is 2.38. The molecule has 20 heavy (non-hydrogen) atoms. The summed E-state index contributed by atoms with van der Waals surface area (Å²) >= 11 is 1.61. The zero-order chi connectivity index (χ0) is 13.5. The highest BCUT2D eigenvalue weighted by Crippen LogP contribution is 2.33. The Balaban J connectivity index is 1.57. The van der Waals surface area contributed by atoms with Crippen molar-refractivity contribution >= 4 is 33.1 Å². The first-order chi connectivity index (χ1) is 9.81. The molecule has 4 heterocycles. The summed E-state index contributed by atoms with van der Waals surface area (Å²) in [6.07, 6.45) is 2.33. The quantitative estimate of drug-likeness (QED) is 0.923. The highest BCUT2D eigenvalue weighted by molar-refractivity contribution is 7.16. The second-order valence-electron chi connectivity index (χ2n) is 5.74. The first-order valence-electron chi connectivity index (χ1n) is 7.17. The van der Waals surface area contributed by atoms with E-state index in [4.69, 9.17) is 0 Å². The maximum Gasteiger partial charge on any atom is 0.229 e. The largest absolute Gasteiger partial charge is 0.324 e. The van der Waals surface area contributed by atoms with Crippen molar-refractivity contribution in [2.75, 3.05) is 25.0 Å². The number of anilines is 1. The van der Waals surface area contributed by atoms with Crippen LogP contribution in [0.5, 0.6) is 0 Å². The topological polar surface area (TPSA) is 45.2 Å². The zero-order valence-electron chi connectivity index (χ0n) is 11.2. The molecule has 5 heteroatoms. The van der Waals surface area contributed by atoms with Gasteiger partial charge in [0.25, 0.3) is 0 Å². The summed E-state index contributed by atoms with van der Waals surface area (Å²) in [5.41, 5.74) is 3.59. The third-order valence-electron chi connectivity index (χ3n) is 4.61. The number of para-hydroxylation sites is 1. The first kappa shape index (κ1) is 12.3. The van der Waals surface area contributed by atoms with Crippen LogP contribution in [0.25, 0.3) is 10.2 Å². The molecule has 3 aliphatic rings. The van der Waals surface area contributed by atoms with E-state index in [0.717, 1.165) is 35.5 Å². The lowest BCUT2D eigenvalue weighted by molar-refractivity contribution is -0.125. The number of carbonyl (C=O) groups excluding carboxylic acids is 1. The van der Waals surface area contributed by atoms with Crippen molar-refractivity contribution in [1.29, 1.82) is 0 Å². The fourth-order valence-corrected chi connectivity index (χ4v) is 4.18. The van der Waals surface area contributed by atoms with E-state index >= 15 is 0 Å².